The molecule has 27 heavy (non-hydrogen) atoms. The average Bonchev–Trinajstić information content (AvgIpc) is 3.01. The predicted octanol–water partition coefficient (Wildman–Crippen LogP) is 2.55. The fraction of sp³-hybridized carbons (Fsp3) is 0.300. The van der Waals surface area contributed by atoms with Crippen LogP contribution in [0.3, 0.4) is 0 Å². The fourth-order valence-corrected chi connectivity index (χ4v) is 3.18. The maximum Gasteiger partial charge on any atom is 0.249 e. The molecule has 1 fully saturated rings. The summed E-state index contributed by atoms with van der Waals surface area (Å²) in [5.74, 6) is 0.392. The Balaban J connectivity index is 0.00000261. The number of carbonyl (C=O) groups excluding carboxylic acids is 2. The average molecular weight is 390 g/mol. The summed E-state index contributed by atoms with van der Waals surface area (Å²) in [4.78, 5) is 26.6. The first-order valence-electron chi connectivity index (χ1n) is 8.67. The lowest BCUT2D eigenvalue weighted by Gasteiger charge is -2.19. The highest BCUT2D eigenvalue weighted by atomic mass is 35.5. The molecule has 2 aromatic rings. The van der Waals surface area contributed by atoms with Crippen LogP contribution in [-0.4, -0.2) is 31.5 Å². The van der Waals surface area contributed by atoms with Gasteiger partial charge in [-0.3, -0.25) is 9.59 Å². The van der Waals surface area contributed by atoms with Crippen molar-refractivity contribution < 1.29 is 14.3 Å². The van der Waals surface area contributed by atoms with E-state index in [1.807, 2.05) is 48.5 Å². The zero-order valence-electron chi connectivity index (χ0n) is 15.2. The first-order valence-corrected chi connectivity index (χ1v) is 8.67. The van der Waals surface area contributed by atoms with E-state index in [1.165, 1.54) is 0 Å². The van der Waals surface area contributed by atoms with E-state index in [9.17, 15) is 9.59 Å². The number of halogens is 1. The lowest BCUT2D eigenvalue weighted by atomic mass is 10.1. The largest absolute Gasteiger partial charge is 0.495 e. The summed E-state index contributed by atoms with van der Waals surface area (Å²) >= 11 is 0. The molecule has 0 aliphatic carbocycles. The molecule has 0 radical (unpaired) electrons. The van der Waals surface area contributed by atoms with Gasteiger partial charge in [0.15, 0.2) is 0 Å². The summed E-state index contributed by atoms with van der Waals surface area (Å²) in [6.45, 7) is 0.551. The molecule has 0 saturated carbocycles. The zero-order valence-corrected chi connectivity index (χ0v) is 16.0. The van der Waals surface area contributed by atoms with Gasteiger partial charge >= 0.3 is 0 Å². The van der Waals surface area contributed by atoms with Gasteiger partial charge in [-0.2, -0.15) is 0 Å². The third kappa shape index (κ3) is 4.71. The number of amides is 2. The maximum atomic E-state index is 12.7. The van der Waals surface area contributed by atoms with Crippen LogP contribution in [0.2, 0.25) is 0 Å². The first-order chi connectivity index (χ1) is 12.6. The van der Waals surface area contributed by atoms with Crippen LogP contribution in [0.25, 0.3) is 0 Å². The summed E-state index contributed by atoms with van der Waals surface area (Å²) in [6.07, 6.45) is 1.43. The van der Waals surface area contributed by atoms with Crippen LogP contribution in [0.1, 0.15) is 18.4 Å². The minimum atomic E-state index is -0.500. The van der Waals surface area contributed by atoms with Crippen LogP contribution < -0.4 is 20.7 Å². The summed E-state index contributed by atoms with van der Waals surface area (Å²) < 4.78 is 5.33. The Morgan fingerprint density at radius 2 is 1.93 bits per heavy atom. The molecule has 2 amide bonds. The number of nitrogens with two attached hydrogens (primary N) is 1. The molecule has 1 aliphatic rings. The number of para-hydroxylation sites is 3. The fourth-order valence-electron chi connectivity index (χ4n) is 3.18. The van der Waals surface area contributed by atoms with Gasteiger partial charge in [0.1, 0.15) is 11.8 Å². The van der Waals surface area contributed by atoms with Gasteiger partial charge in [0, 0.05) is 18.7 Å². The predicted molar refractivity (Wildman–Crippen MR) is 108 cm³/mol. The maximum absolute atomic E-state index is 12.7. The van der Waals surface area contributed by atoms with Crippen molar-refractivity contribution in [3.05, 3.63) is 54.1 Å². The van der Waals surface area contributed by atoms with Crippen LogP contribution in [0.5, 0.6) is 5.75 Å². The van der Waals surface area contributed by atoms with Gasteiger partial charge in [0.2, 0.25) is 11.8 Å². The van der Waals surface area contributed by atoms with Crippen molar-refractivity contribution in [3.8, 4) is 5.75 Å². The molecule has 1 saturated heterocycles. The standard InChI is InChI=1S/C20H23N3O3.ClH/c1-26-18-9-5-4-8-17(18)23-13-12-16(20(23)25)22-19(24)11-10-14-6-2-3-7-15(14)21;/h2-9,16H,10-13,21H2,1H3,(H,22,24);1H. The van der Waals surface area contributed by atoms with E-state index < -0.39 is 6.04 Å². The van der Waals surface area contributed by atoms with E-state index in [0.29, 0.717) is 37.2 Å². The number of nitrogens with zero attached hydrogens (tertiary/aromatic N) is 1. The Labute approximate surface area is 165 Å². The van der Waals surface area contributed by atoms with E-state index in [1.54, 1.807) is 12.0 Å². The van der Waals surface area contributed by atoms with E-state index in [-0.39, 0.29) is 24.2 Å². The molecule has 1 heterocycles. The number of benzene rings is 2. The van der Waals surface area contributed by atoms with E-state index >= 15 is 0 Å². The number of ether oxygens (including phenoxy) is 1. The Kier molecular flexibility index (Phi) is 7.07. The number of anilines is 2. The second kappa shape index (κ2) is 9.28. The molecule has 0 bridgehead atoms. The number of nitrogens with one attached hydrogen (secondary N) is 1. The van der Waals surface area contributed by atoms with E-state index in [2.05, 4.69) is 5.32 Å². The third-order valence-electron chi connectivity index (χ3n) is 4.59. The highest BCUT2D eigenvalue weighted by molar-refractivity contribution is 6.02. The van der Waals surface area contributed by atoms with Crippen LogP contribution >= 0.6 is 12.4 Å². The first kappa shape index (κ1) is 20.6. The van der Waals surface area contributed by atoms with Gasteiger partial charge in [0.05, 0.1) is 12.8 Å². The molecule has 1 aliphatic heterocycles. The highest BCUT2D eigenvalue weighted by Gasteiger charge is 2.34. The topological polar surface area (TPSA) is 84.7 Å². The van der Waals surface area contributed by atoms with Crippen molar-refractivity contribution in [2.45, 2.75) is 25.3 Å². The second-order valence-corrected chi connectivity index (χ2v) is 6.27. The number of hydrogen-bond acceptors (Lipinski definition) is 4. The molecule has 0 aromatic heterocycles. The number of nitrogen functional groups attached to an aromatic ring is 1. The van der Waals surface area contributed by atoms with Gasteiger partial charge in [-0.1, -0.05) is 30.3 Å². The Bertz CT molecular complexity index is 813. The van der Waals surface area contributed by atoms with Gasteiger partial charge in [-0.25, -0.2) is 0 Å². The van der Waals surface area contributed by atoms with E-state index in [4.69, 9.17) is 10.5 Å². The minimum Gasteiger partial charge on any atom is -0.495 e. The number of rotatable bonds is 6. The van der Waals surface area contributed by atoms with Crippen LogP contribution in [0, 0.1) is 0 Å². The van der Waals surface area contributed by atoms with Crippen molar-refractivity contribution in [2.75, 3.05) is 24.3 Å². The number of hydrogen-bond donors (Lipinski definition) is 2. The lowest BCUT2D eigenvalue weighted by molar-refractivity contribution is -0.126. The van der Waals surface area contributed by atoms with Crippen molar-refractivity contribution in [3.63, 3.8) is 0 Å². The van der Waals surface area contributed by atoms with Crippen molar-refractivity contribution in [2.24, 2.45) is 0 Å². The Morgan fingerprint density at radius 1 is 1.22 bits per heavy atom. The number of methoxy groups -OCH3 is 1. The molecule has 1 atom stereocenters. The van der Waals surface area contributed by atoms with Gasteiger partial charge in [0.25, 0.3) is 0 Å². The summed E-state index contributed by atoms with van der Waals surface area (Å²) in [5.41, 5.74) is 8.25. The molecule has 144 valence electrons. The van der Waals surface area contributed by atoms with Gasteiger partial charge in [-0.05, 0) is 36.6 Å². The quantitative estimate of drug-likeness (QED) is 0.743. The van der Waals surface area contributed by atoms with Crippen LogP contribution in [0.4, 0.5) is 11.4 Å². The third-order valence-corrected chi connectivity index (χ3v) is 4.59. The van der Waals surface area contributed by atoms with Crippen LogP contribution in [0.15, 0.2) is 48.5 Å². The minimum absolute atomic E-state index is 0. The highest BCUT2D eigenvalue weighted by Crippen LogP contribution is 2.31. The van der Waals surface area contributed by atoms with Crippen molar-refractivity contribution >= 4 is 35.6 Å². The second-order valence-electron chi connectivity index (χ2n) is 6.27. The molecule has 3 rings (SSSR count). The molecule has 0 spiro atoms. The molecule has 3 N–H and O–H groups in total. The van der Waals surface area contributed by atoms with E-state index in [0.717, 1.165) is 11.3 Å². The normalized spacial score (nSPS) is 16.0. The molecule has 6 nitrogen and oxygen atoms in total. The van der Waals surface area contributed by atoms with Crippen molar-refractivity contribution in [1.29, 1.82) is 0 Å². The smallest absolute Gasteiger partial charge is 0.249 e. The molecular formula is C20H24ClN3O3. The summed E-state index contributed by atoms with van der Waals surface area (Å²) in [6, 6.07) is 14.4. The molecule has 7 heteroatoms. The number of carbonyl (C=O) groups is 2. The van der Waals surface area contributed by atoms with Gasteiger partial charge < -0.3 is 20.7 Å². The number of aryl methyl sites for hydroxylation is 1. The van der Waals surface area contributed by atoms with Gasteiger partial charge in [-0.15, -0.1) is 12.4 Å². The Hall–Kier alpha value is -2.73. The molecular weight excluding hydrogens is 366 g/mol. The SMILES string of the molecule is COc1ccccc1N1CCC(NC(=O)CCc2ccccc2N)C1=O.Cl. The zero-order chi connectivity index (χ0) is 18.5. The van der Waals surface area contributed by atoms with Crippen LogP contribution in [-0.2, 0) is 16.0 Å². The summed E-state index contributed by atoms with van der Waals surface area (Å²) in [5, 5.41) is 2.84. The Morgan fingerprint density at radius 3 is 2.67 bits per heavy atom. The molecule has 2 aromatic carbocycles. The molecule has 1 unspecified atom stereocenters. The monoisotopic (exact) mass is 389 g/mol. The summed E-state index contributed by atoms with van der Waals surface area (Å²) in [7, 11) is 1.58. The lowest BCUT2D eigenvalue weighted by Crippen LogP contribution is -2.41. The van der Waals surface area contributed by atoms with Crippen molar-refractivity contribution in [1.82, 2.24) is 5.32 Å².